The Labute approximate surface area is 43.8 Å². The van der Waals surface area contributed by atoms with Gasteiger partial charge in [-0.3, -0.25) is 4.84 Å². The van der Waals surface area contributed by atoms with Crippen LogP contribution in [0.15, 0.2) is 0 Å². The first-order valence-electron chi connectivity index (χ1n) is 2.78. The second-order valence-corrected chi connectivity index (χ2v) is 1.91. The van der Waals surface area contributed by atoms with Crippen molar-refractivity contribution in [2.24, 2.45) is 0 Å². The Hall–Kier alpha value is -0.0800. The number of hydroxylamine groups is 1. The molecule has 1 fully saturated rings. The Morgan fingerprint density at radius 2 is 1.86 bits per heavy atom. The molecular weight excluding hydrogens is 90.1 g/mol. The monoisotopic (exact) mass is 101 g/mol. The van der Waals surface area contributed by atoms with E-state index in [1.54, 1.807) is 0 Å². The lowest BCUT2D eigenvalue weighted by Crippen LogP contribution is -2.10. The Morgan fingerprint density at radius 3 is 1.86 bits per heavy atom. The van der Waals surface area contributed by atoms with Gasteiger partial charge in [-0.25, -0.2) is 0 Å². The van der Waals surface area contributed by atoms with E-state index in [9.17, 15) is 0 Å². The lowest BCUT2D eigenvalue weighted by molar-refractivity contribution is 0.279. The molecule has 0 aromatic rings. The molecule has 2 nitrogen and oxygen atoms in total. The Bertz CT molecular complexity index is 62.5. The van der Waals surface area contributed by atoms with Crippen LogP contribution in [0.2, 0.25) is 0 Å². The molecular formula is C5H11NO. The summed E-state index contributed by atoms with van der Waals surface area (Å²) in [7, 11) is 0. The van der Waals surface area contributed by atoms with Crippen LogP contribution in [0.1, 0.15) is 26.7 Å². The van der Waals surface area contributed by atoms with Crippen molar-refractivity contribution in [1.29, 1.82) is 0 Å². The van der Waals surface area contributed by atoms with E-state index in [4.69, 9.17) is 4.84 Å². The maximum absolute atomic E-state index is 4.94. The molecule has 1 N–H and O–H groups in total. The highest BCUT2D eigenvalue weighted by atomic mass is 16.8. The molecule has 1 rings (SSSR count). The van der Waals surface area contributed by atoms with Gasteiger partial charge in [-0.2, -0.15) is 5.48 Å². The van der Waals surface area contributed by atoms with Gasteiger partial charge >= 0.3 is 0 Å². The highest BCUT2D eigenvalue weighted by molar-refractivity contribution is 4.78. The minimum Gasteiger partial charge on any atom is -0.275 e. The van der Waals surface area contributed by atoms with Crippen molar-refractivity contribution in [2.75, 3.05) is 0 Å². The largest absolute Gasteiger partial charge is 0.275 e. The van der Waals surface area contributed by atoms with Gasteiger partial charge in [0.2, 0.25) is 0 Å². The van der Waals surface area contributed by atoms with Gasteiger partial charge in [-0.05, 0) is 12.8 Å². The summed E-state index contributed by atoms with van der Waals surface area (Å²) < 4.78 is 0. The van der Waals surface area contributed by atoms with E-state index in [-0.39, 0.29) is 5.72 Å². The Kier molecular flexibility index (Phi) is 1.05. The fourth-order valence-corrected chi connectivity index (χ4v) is 0.611. The summed E-state index contributed by atoms with van der Waals surface area (Å²) in [6.45, 7) is 4.23. The van der Waals surface area contributed by atoms with Gasteiger partial charge in [0.15, 0.2) is 5.72 Å². The lowest BCUT2D eigenvalue weighted by Gasteiger charge is -1.96. The van der Waals surface area contributed by atoms with Crippen molar-refractivity contribution in [3.05, 3.63) is 0 Å². The van der Waals surface area contributed by atoms with Crippen LogP contribution in [0.25, 0.3) is 0 Å². The highest BCUT2D eigenvalue weighted by Crippen LogP contribution is 2.26. The van der Waals surface area contributed by atoms with Gasteiger partial charge in [-0.15, -0.1) is 0 Å². The van der Waals surface area contributed by atoms with Crippen molar-refractivity contribution < 1.29 is 4.84 Å². The summed E-state index contributed by atoms with van der Waals surface area (Å²) in [5.41, 5.74) is 2.93. The van der Waals surface area contributed by atoms with Gasteiger partial charge in [0, 0.05) is 0 Å². The average Bonchev–Trinajstić information content (AvgIpc) is 2.46. The minimum atomic E-state index is 0.0833. The quantitative estimate of drug-likeness (QED) is 0.527. The third-order valence-corrected chi connectivity index (χ3v) is 1.53. The van der Waals surface area contributed by atoms with E-state index < -0.39 is 0 Å². The topological polar surface area (TPSA) is 34.5 Å². The van der Waals surface area contributed by atoms with E-state index in [0.717, 1.165) is 12.8 Å². The maximum atomic E-state index is 4.94. The van der Waals surface area contributed by atoms with Gasteiger partial charge < -0.3 is 0 Å². The third kappa shape index (κ3) is 0.763. The zero-order valence-electron chi connectivity index (χ0n) is 4.82. The molecule has 0 bridgehead atoms. The number of hydrogen-bond donors (Lipinski definition) is 1. The normalized spacial score (nSPS) is 24.9. The zero-order chi connectivity index (χ0) is 5.33. The van der Waals surface area contributed by atoms with E-state index >= 15 is 0 Å². The molecule has 0 aliphatic carbocycles. The summed E-state index contributed by atoms with van der Waals surface area (Å²) in [6, 6.07) is 0. The molecule has 7 heavy (non-hydrogen) atoms. The molecule has 1 aliphatic heterocycles. The van der Waals surface area contributed by atoms with Crippen LogP contribution in [0.4, 0.5) is 0 Å². The minimum absolute atomic E-state index is 0.0833. The first-order chi connectivity index (χ1) is 3.33. The van der Waals surface area contributed by atoms with Crippen LogP contribution in [0.5, 0.6) is 0 Å². The van der Waals surface area contributed by atoms with Crippen LogP contribution in [-0.2, 0) is 4.84 Å². The smallest absolute Gasteiger partial charge is 0.161 e. The van der Waals surface area contributed by atoms with E-state index in [1.807, 2.05) is 0 Å². The van der Waals surface area contributed by atoms with Gasteiger partial charge in [0.1, 0.15) is 0 Å². The molecule has 42 valence electrons. The average molecular weight is 101 g/mol. The highest BCUT2D eigenvalue weighted by Gasteiger charge is 2.40. The maximum Gasteiger partial charge on any atom is 0.161 e. The van der Waals surface area contributed by atoms with Crippen LogP contribution >= 0.6 is 0 Å². The molecule has 0 atom stereocenters. The number of nitrogens with one attached hydrogen (secondary N) is 1. The first-order valence-corrected chi connectivity index (χ1v) is 2.78. The fourth-order valence-electron chi connectivity index (χ4n) is 0.611. The van der Waals surface area contributed by atoms with Crippen molar-refractivity contribution >= 4 is 0 Å². The SMILES string of the molecule is CCC1(CC)NO1. The Morgan fingerprint density at radius 1 is 1.43 bits per heavy atom. The van der Waals surface area contributed by atoms with Crippen molar-refractivity contribution in [3.8, 4) is 0 Å². The molecule has 2 heteroatoms. The zero-order valence-corrected chi connectivity index (χ0v) is 4.82. The van der Waals surface area contributed by atoms with Crippen molar-refractivity contribution in [1.82, 2.24) is 5.48 Å². The first kappa shape index (κ1) is 5.06. The molecule has 0 radical (unpaired) electrons. The Balaban J connectivity index is 2.28. The van der Waals surface area contributed by atoms with Crippen molar-refractivity contribution in [3.63, 3.8) is 0 Å². The standard InChI is InChI=1S/C5H11NO/c1-3-5(4-2)6-7-5/h6H,3-4H2,1-2H3. The van der Waals surface area contributed by atoms with Crippen LogP contribution < -0.4 is 5.48 Å². The molecule has 0 saturated carbocycles. The second kappa shape index (κ2) is 1.46. The molecule has 0 aromatic heterocycles. The van der Waals surface area contributed by atoms with Crippen LogP contribution in [-0.4, -0.2) is 5.72 Å². The lowest BCUT2D eigenvalue weighted by atomic mass is 10.1. The molecule has 0 aromatic carbocycles. The predicted molar refractivity (Wildman–Crippen MR) is 27.5 cm³/mol. The van der Waals surface area contributed by atoms with Gasteiger partial charge in [0.05, 0.1) is 0 Å². The van der Waals surface area contributed by atoms with Gasteiger partial charge in [-0.1, -0.05) is 13.8 Å². The molecule has 0 unspecified atom stereocenters. The van der Waals surface area contributed by atoms with Crippen LogP contribution in [0.3, 0.4) is 0 Å². The van der Waals surface area contributed by atoms with Gasteiger partial charge in [0.25, 0.3) is 0 Å². The summed E-state index contributed by atoms with van der Waals surface area (Å²) in [5, 5.41) is 0. The van der Waals surface area contributed by atoms with E-state index in [2.05, 4.69) is 19.3 Å². The summed E-state index contributed by atoms with van der Waals surface area (Å²) in [4.78, 5) is 4.94. The van der Waals surface area contributed by atoms with Crippen molar-refractivity contribution in [2.45, 2.75) is 32.4 Å². The third-order valence-electron chi connectivity index (χ3n) is 1.53. The number of hydrogen-bond acceptors (Lipinski definition) is 2. The molecule has 0 amide bonds. The fraction of sp³-hybridized carbons (Fsp3) is 1.00. The predicted octanol–water partition coefficient (Wildman–Crippen LogP) is 1.04. The van der Waals surface area contributed by atoms with Crippen LogP contribution in [0, 0.1) is 0 Å². The molecule has 1 aliphatic rings. The summed E-state index contributed by atoms with van der Waals surface area (Å²) >= 11 is 0. The molecule has 1 saturated heterocycles. The molecule has 1 heterocycles. The second-order valence-electron chi connectivity index (χ2n) is 1.91. The summed E-state index contributed by atoms with van der Waals surface area (Å²) in [6.07, 6.45) is 2.15. The van der Waals surface area contributed by atoms with E-state index in [1.165, 1.54) is 0 Å². The van der Waals surface area contributed by atoms with E-state index in [0.29, 0.717) is 0 Å². The molecule has 0 spiro atoms. The summed E-state index contributed by atoms with van der Waals surface area (Å²) in [5.74, 6) is 0. The number of rotatable bonds is 2.